The maximum absolute atomic E-state index is 12.1. The Morgan fingerprint density at radius 3 is 2.57 bits per heavy atom. The minimum absolute atomic E-state index is 0.0550. The molecule has 3 aromatic rings. The van der Waals surface area contributed by atoms with Crippen LogP contribution in [0.2, 0.25) is 0 Å². The predicted molar refractivity (Wildman–Crippen MR) is 128 cm³/mol. The quantitative estimate of drug-likeness (QED) is 0.273. The molecule has 2 fully saturated rings. The first kappa shape index (κ1) is 23.5. The van der Waals surface area contributed by atoms with Crippen LogP contribution in [0.15, 0.2) is 16.0 Å². The number of sulfonamides is 1. The van der Waals surface area contributed by atoms with Crippen molar-refractivity contribution in [2.24, 2.45) is 4.99 Å². The number of fused-ring (bicyclic) bond motifs is 1. The molecule has 0 amide bonds. The van der Waals surface area contributed by atoms with E-state index in [2.05, 4.69) is 40.1 Å². The van der Waals surface area contributed by atoms with Crippen molar-refractivity contribution in [3.05, 3.63) is 33.2 Å². The van der Waals surface area contributed by atoms with Crippen molar-refractivity contribution < 1.29 is 13.5 Å². The Kier molecular flexibility index (Phi) is 6.32. The first-order valence-electron chi connectivity index (χ1n) is 11.9. The monoisotopic (exact) mass is 503 g/mol. The molecule has 2 aliphatic carbocycles. The Morgan fingerprint density at radius 2 is 1.91 bits per heavy atom. The molecule has 5 rings (SSSR count). The summed E-state index contributed by atoms with van der Waals surface area (Å²) in [7, 11) is -3.23. The summed E-state index contributed by atoms with van der Waals surface area (Å²) in [6.07, 6.45) is 8.78. The van der Waals surface area contributed by atoms with Crippen LogP contribution in [0.5, 0.6) is 5.88 Å². The van der Waals surface area contributed by atoms with Crippen LogP contribution in [0, 0.1) is 0 Å². The van der Waals surface area contributed by atoms with E-state index in [0.29, 0.717) is 28.9 Å². The molecule has 13 nitrogen and oxygen atoms in total. The number of aromatic nitrogens is 6. The van der Waals surface area contributed by atoms with Crippen LogP contribution < -0.4 is 26.6 Å². The second-order valence-corrected chi connectivity index (χ2v) is 11.0. The van der Waals surface area contributed by atoms with Crippen LogP contribution in [-0.2, 0) is 10.0 Å². The van der Waals surface area contributed by atoms with Crippen molar-refractivity contribution in [3.8, 4) is 5.88 Å². The van der Waals surface area contributed by atoms with Crippen LogP contribution in [0.25, 0.3) is 11.7 Å². The smallest absolute Gasteiger partial charge is 0.326 e. The molecule has 0 saturated heterocycles. The summed E-state index contributed by atoms with van der Waals surface area (Å²) in [5.74, 6) is 0.288. The molecule has 0 spiro atoms. The SMILES string of the molecule is CCCS(=O)(=O)NC1CCC(Nc2nc(=NC3CC3)n3ncc(=Cc4[nH]c(=O)[nH]c4O)c3n2)CC1. The zero-order chi connectivity index (χ0) is 24.6. The number of hydrogen-bond donors (Lipinski definition) is 5. The summed E-state index contributed by atoms with van der Waals surface area (Å²) in [5.41, 5.74) is 0.638. The molecular weight excluding hydrogens is 474 g/mol. The number of aromatic hydroxyl groups is 1. The van der Waals surface area contributed by atoms with E-state index < -0.39 is 15.7 Å². The van der Waals surface area contributed by atoms with E-state index >= 15 is 0 Å². The fraction of sp³-hybridized carbons (Fsp3) is 0.571. The number of H-pyrrole nitrogens is 2. The van der Waals surface area contributed by atoms with E-state index in [1.54, 1.807) is 16.8 Å². The zero-order valence-electron chi connectivity index (χ0n) is 19.4. The van der Waals surface area contributed by atoms with Crippen LogP contribution in [0.3, 0.4) is 0 Å². The van der Waals surface area contributed by atoms with Crippen LogP contribution in [0.4, 0.5) is 5.95 Å². The van der Waals surface area contributed by atoms with Gasteiger partial charge in [0, 0.05) is 17.3 Å². The zero-order valence-corrected chi connectivity index (χ0v) is 20.2. The third-order valence-corrected chi connectivity index (χ3v) is 7.78. The molecule has 5 N–H and O–H groups in total. The number of imidazole rings is 1. The average molecular weight is 504 g/mol. The first-order chi connectivity index (χ1) is 16.8. The topological polar surface area (TPSA) is 183 Å². The van der Waals surface area contributed by atoms with Crippen molar-refractivity contribution in [3.63, 3.8) is 0 Å². The number of anilines is 1. The molecule has 0 bridgehead atoms. The number of rotatable bonds is 8. The number of aromatic amines is 2. The maximum atomic E-state index is 12.1. The number of nitrogens with zero attached hydrogens (tertiary/aromatic N) is 5. The van der Waals surface area contributed by atoms with E-state index in [-0.39, 0.29) is 35.5 Å². The van der Waals surface area contributed by atoms with Gasteiger partial charge in [0.1, 0.15) is 5.69 Å². The lowest BCUT2D eigenvalue weighted by Gasteiger charge is -2.29. The van der Waals surface area contributed by atoms with Gasteiger partial charge in [0.2, 0.25) is 21.9 Å². The highest BCUT2D eigenvalue weighted by molar-refractivity contribution is 7.89. The molecule has 0 radical (unpaired) electrons. The van der Waals surface area contributed by atoms with Crippen molar-refractivity contribution >= 4 is 27.7 Å². The van der Waals surface area contributed by atoms with E-state index in [4.69, 9.17) is 0 Å². The molecule has 0 atom stereocenters. The molecule has 3 aromatic heterocycles. The second-order valence-electron chi connectivity index (χ2n) is 9.16. The Morgan fingerprint density at radius 1 is 1.17 bits per heavy atom. The summed E-state index contributed by atoms with van der Waals surface area (Å²) in [6.45, 7) is 1.85. The molecule has 35 heavy (non-hydrogen) atoms. The maximum Gasteiger partial charge on any atom is 0.326 e. The van der Waals surface area contributed by atoms with E-state index in [9.17, 15) is 18.3 Å². The van der Waals surface area contributed by atoms with Gasteiger partial charge in [-0.1, -0.05) is 6.92 Å². The van der Waals surface area contributed by atoms with Gasteiger partial charge in [0.25, 0.3) is 5.62 Å². The molecule has 0 unspecified atom stereocenters. The fourth-order valence-electron chi connectivity index (χ4n) is 4.26. The molecular formula is C21H29N9O4S. The van der Waals surface area contributed by atoms with Crippen LogP contribution in [0.1, 0.15) is 57.6 Å². The normalized spacial score (nSPS) is 22.2. The van der Waals surface area contributed by atoms with Gasteiger partial charge >= 0.3 is 5.69 Å². The van der Waals surface area contributed by atoms with Crippen LogP contribution >= 0.6 is 0 Å². The third kappa shape index (κ3) is 5.53. The third-order valence-electron chi connectivity index (χ3n) is 6.14. The Hall–Kier alpha value is -3.26. The van der Waals surface area contributed by atoms with Gasteiger partial charge in [-0.2, -0.15) is 19.6 Å². The molecule has 3 heterocycles. The van der Waals surface area contributed by atoms with Gasteiger partial charge in [0.05, 0.1) is 18.0 Å². The van der Waals surface area contributed by atoms with Crippen LogP contribution in [-0.4, -0.2) is 67.0 Å². The van der Waals surface area contributed by atoms with Crippen molar-refractivity contribution in [1.82, 2.24) is 34.3 Å². The van der Waals surface area contributed by atoms with E-state index in [1.807, 2.05) is 6.92 Å². The Labute approximate surface area is 200 Å². The van der Waals surface area contributed by atoms with E-state index in [1.165, 1.54) is 0 Å². The Balaban J connectivity index is 1.40. The predicted octanol–water partition coefficient (Wildman–Crippen LogP) is -0.490. The molecule has 14 heteroatoms. The molecule has 0 aromatic carbocycles. The van der Waals surface area contributed by atoms with Crippen molar-refractivity contribution in [2.45, 2.75) is 70.0 Å². The highest BCUT2D eigenvalue weighted by Gasteiger charge is 2.25. The highest BCUT2D eigenvalue weighted by Crippen LogP contribution is 2.23. The lowest BCUT2D eigenvalue weighted by molar-refractivity contribution is 0.386. The summed E-state index contributed by atoms with van der Waals surface area (Å²) >= 11 is 0. The van der Waals surface area contributed by atoms with Gasteiger partial charge in [-0.3, -0.25) is 4.98 Å². The molecule has 0 aliphatic heterocycles. The lowest BCUT2D eigenvalue weighted by Crippen LogP contribution is -2.41. The molecule has 188 valence electrons. The second kappa shape index (κ2) is 9.41. The van der Waals surface area contributed by atoms with Gasteiger partial charge in [-0.15, -0.1) is 0 Å². The van der Waals surface area contributed by atoms with Crippen molar-refractivity contribution in [1.29, 1.82) is 0 Å². The minimum Gasteiger partial charge on any atom is -0.493 e. The summed E-state index contributed by atoms with van der Waals surface area (Å²) in [5, 5.41) is 18.3. The molecule has 2 saturated carbocycles. The standard InChI is InChI=1S/C21H29N9O4S/c1-2-9-35(33,34)29-15-7-5-13(6-8-15)23-19-26-17-12(10-16-18(31)27-21(32)25-16)11-22-30(17)20(28-19)24-14-3-4-14/h10-11,13-15,29,31H,2-9H2,1H3,(H,23,24,28)(H2,25,27,32). The average Bonchev–Trinajstić information content (AvgIpc) is 3.43. The summed E-state index contributed by atoms with van der Waals surface area (Å²) in [4.78, 5) is 30.2. The highest BCUT2D eigenvalue weighted by atomic mass is 32.2. The number of nitrogens with one attached hydrogen (secondary N) is 4. The molecule has 2 aliphatic rings. The lowest BCUT2D eigenvalue weighted by atomic mass is 9.92. The van der Waals surface area contributed by atoms with Gasteiger partial charge < -0.3 is 15.4 Å². The van der Waals surface area contributed by atoms with E-state index in [0.717, 1.165) is 38.5 Å². The van der Waals surface area contributed by atoms with Crippen molar-refractivity contribution in [2.75, 3.05) is 11.1 Å². The largest absolute Gasteiger partial charge is 0.493 e. The summed E-state index contributed by atoms with van der Waals surface area (Å²) < 4.78 is 28.5. The van der Waals surface area contributed by atoms with Gasteiger partial charge in [-0.25, -0.2) is 22.9 Å². The summed E-state index contributed by atoms with van der Waals surface area (Å²) in [6, 6.07) is 0.258. The van der Waals surface area contributed by atoms with Gasteiger partial charge in [0.15, 0.2) is 5.65 Å². The Bertz CT molecular complexity index is 1500. The number of hydrogen-bond acceptors (Lipinski definition) is 9. The fourth-order valence-corrected chi connectivity index (χ4v) is 5.66. The minimum atomic E-state index is -3.23. The first-order valence-corrected chi connectivity index (χ1v) is 13.5. The van der Waals surface area contributed by atoms with Gasteiger partial charge in [-0.05, 0) is 51.0 Å².